The Balaban J connectivity index is 1.71. The van der Waals surface area contributed by atoms with E-state index in [4.69, 9.17) is 5.14 Å². The fourth-order valence-electron chi connectivity index (χ4n) is 3.78. The lowest BCUT2D eigenvalue weighted by Gasteiger charge is -2.15. The van der Waals surface area contributed by atoms with Crippen LogP contribution in [0.2, 0.25) is 0 Å². The number of nitrogens with one attached hydrogen (secondary N) is 1. The standard InChI is InChI=1S/C25H20N6O2S/c26-34(32,33)20-13-18(14-27-16-20)24-22-11-6-10-21(17-7-2-1-3-8-17)23(22)25(31-30-24)29-15-19-9-4-5-12-28-19/h1-14,16H,15H2,(H,29,31)(H2,26,32,33). The summed E-state index contributed by atoms with van der Waals surface area (Å²) in [4.78, 5) is 8.34. The maximum Gasteiger partial charge on any atom is 0.239 e. The van der Waals surface area contributed by atoms with Crippen LogP contribution < -0.4 is 10.5 Å². The first-order chi connectivity index (χ1) is 16.5. The molecule has 2 aromatic carbocycles. The summed E-state index contributed by atoms with van der Waals surface area (Å²) in [6, 6.07) is 23.1. The molecule has 168 valence electrons. The number of rotatable bonds is 6. The van der Waals surface area contributed by atoms with E-state index in [2.05, 4.69) is 25.5 Å². The van der Waals surface area contributed by atoms with Gasteiger partial charge in [-0.2, -0.15) is 0 Å². The summed E-state index contributed by atoms with van der Waals surface area (Å²) in [6.45, 7) is 0.468. The van der Waals surface area contributed by atoms with Gasteiger partial charge in [-0.05, 0) is 29.3 Å². The first kappa shape index (κ1) is 21.6. The van der Waals surface area contributed by atoms with Crippen molar-refractivity contribution in [2.24, 2.45) is 5.14 Å². The van der Waals surface area contributed by atoms with Crippen LogP contribution in [-0.4, -0.2) is 28.6 Å². The van der Waals surface area contributed by atoms with Gasteiger partial charge in [0.2, 0.25) is 10.0 Å². The smallest absolute Gasteiger partial charge is 0.239 e. The molecule has 0 bridgehead atoms. The maximum absolute atomic E-state index is 11.9. The predicted molar refractivity (Wildman–Crippen MR) is 131 cm³/mol. The first-order valence-electron chi connectivity index (χ1n) is 10.5. The highest BCUT2D eigenvalue weighted by molar-refractivity contribution is 7.89. The molecule has 0 saturated heterocycles. The monoisotopic (exact) mass is 468 g/mol. The summed E-state index contributed by atoms with van der Waals surface area (Å²) in [5.41, 5.74) is 3.86. The zero-order chi connectivity index (χ0) is 23.5. The lowest BCUT2D eigenvalue weighted by Crippen LogP contribution is -2.12. The first-order valence-corrected chi connectivity index (χ1v) is 12.0. The van der Waals surface area contributed by atoms with Crippen LogP contribution in [0.25, 0.3) is 33.2 Å². The second kappa shape index (κ2) is 8.97. The molecule has 9 heteroatoms. The molecule has 34 heavy (non-hydrogen) atoms. The minimum atomic E-state index is -3.92. The van der Waals surface area contributed by atoms with Gasteiger partial charge in [0.05, 0.1) is 12.2 Å². The van der Waals surface area contributed by atoms with Crippen molar-refractivity contribution in [1.29, 1.82) is 0 Å². The van der Waals surface area contributed by atoms with Crippen LogP contribution in [0.3, 0.4) is 0 Å². The molecule has 3 N–H and O–H groups in total. The fourth-order valence-corrected chi connectivity index (χ4v) is 4.28. The molecule has 3 heterocycles. The van der Waals surface area contributed by atoms with Crippen molar-refractivity contribution in [3.8, 4) is 22.4 Å². The van der Waals surface area contributed by atoms with Crippen LogP contribution in [-0.2, 0) is 16.6 Å². The SMILES string of the molecule is NS(=O)(=O)c1cncc(-c2nnc(NCc3ccccn3)c3c(-c4ccccc4)cccc23)c1. The van der Waals surface area contributed by atoms with Gasteiger partial charge in [0, 0.05) is 34.9 Å². The number of nitrogens with two attached hydrogens (primary N) is 1. The number of aromatic nitrogens is 4. The van der Waals surface area contributed by atoms with Gasteiger partial charge in [0.25, 0.3) is 0 Å². The average molecular weight is 469 g/mol. The molecule has 0 saturated carbocycles. The van der Waals surface area contributed by atoms with Gasteiger partial charge in [-0.25, -0.2) is 13.6 Å². The van der Waals surface area contributed by atoms with Gasteiger partial charge in [-0.1, -0.05) is 54.6 Å². The average Bonchev–Trinajstić information content (AvgIpc) is 2.87. The second-order valence-corrected chi connectivity index (χ2v) is 9.18. The predicted octanol–water partition coefficient (Wildman–Crippen LogP) is 4.01. The molecule has 3 aromatic heterocycles. The quantitative estimate of drug-likeness (QED) is 0.386. The number of primary sulfonamides is 1. The topological polar surface area (TPSA) is 124 Å². The molecule has 5 aromatic rings. The number of hydrogen-bond donors (Lipinski definition) is 2. The lowest BCUT2D eigenvalue weighted by molar-refractivity contribution is 0.597. The Hall–Kier alpha value is -4.21. The summed E-state index contributed by atoms with van der Waals surface area (Å²) in [7, 11) is -3.92. The van der Waals surface area contributed by atoms with Crippen molar-refractivity contribution >= 4 is 26.6 Å². The second-order valence-electron chi connectivity index (χ2n) is 7.62. The number of fused-ring (bicyclic) bond motifs is 1. The molecule has 0 aliphatic rings. The largest absolute Gasteiger partial charge is 0.362 e. The van der Waals surface area contributed by atoms with Gasteiger partial charge < -0.3 is 5.32 Å². The molecule has 0 unspecified atom stereocenters. The van der Waals surface area contributed by atoms with Gasteiger partial charge in [0.15, 0.2) is 5.82 Å². The molecule has 5 rings (SSSR count). The van der Waals surface area contributed by atoms with Crippen molar-refractivity contribution in [3.63, 3.8) is 0 Å². The summed E-state index contributed by atoms with van der Waals surface area (Å²) in [6.07, 6.45) is 4.51. The summed E-state index contributed by atoms with van der Waals surface area (Å²) in [5.74, 6) is 0.597. The maximum atomic E-state index is 11.9. The van der Waals surface area contributed by atoms with E-state index in [-0.39, 0.29) is 4.90 Å². The zero-order valence-corrected chi connectivity index (χ0v) is 18.8. The third kappa shape index (κ3) is 4.34. The van der Waals surface area contributed by atoms with E-state index in [1.807, 2.05) is 66.7 Å². The Morgan fingerprint density at radius 2 is 1.68 bits per heavy atom. The van der Waals surface area contributed by atoms with Crippen molar-refractivity contribution in [2.75, 3.05) is 5.32 Å². The number of anilines is 1. The number of hydrogen-bond acceptors (Lipinski definition) is 7. The molecular weight excluding hydrogens is 448 g/mol. The normalized spacial score (nSPS) is 11.4. The van der Waals surface area contributed by atoms with Gasteiger partial charge in [0.1, 0.15) is 10.6 Å². The summed E-state index contributed by atoms with van der Waals surface area (Å²) in [5, 5.41) is 19.3. The van der Waals surface area contributed by atoms with Crippen molar-refractivity contribution in [1.82, 2.24) is 20.2 Å². The van der Waals surface area contributed by atoms with Crippen LogP contribution in [0.5, 0.6) is 0 Å². The highest BCUT2D eigenvalue weighted by atomic mass is 32.2. The molecule has 0 radical (unpaired) electrons. The molecule has 8 nitrogen and oxygen atoms in total. The minimum absolute atomic E-state index is 0.0866. The lowest BCUT2D eigenvalue weighted by atomic mass is 9.97. The number of sulfonamides is 1. The van der Waals surface area contributed by atoms with Crippen molar-refractivity contribution < 1.29 is 8.42 Å². The number of benzene rings is 2. The van der Waals surface area contributed by atoms with Crippen LogP contribution in [0, 0.1) is 0 Å². The Bertz CT molecular complexity index is 1580. The van der Waals surface area contributed by atoms with E-state index in [1.165, 1.54) is 12.3 Å². The van der Waals surface area contributed by atoms with Crippen LogP contribution in [0.15, 0.2) is 96.3 Å². The number of nitrogens with zero attached hydrogens (tertiary/aromatic N) is 4. The van der Waals surface area contributed by atoms with E-state index < -0.39 is 10.0 Å². The van der Waals surface area contributed by atoms with E-state index in [0.29, 0.717) is 23.6 Å². The Kier molecular flexibility index (Phi) is 5.70. The highest BCUT2D eigenvalue weighted by Gasteiger charge is 2.17. The van der Waals surface area contributed by atoms with E-state index >= 15 is 0 Å². The molecule has 0 spiro atoms. The molecule has 0 amide bonds. The van der Waals surface area contributed by atoms with Crippen LogP contribution >= 0.6 is 0 Å². The Labute approximate surface area is 196 Å². The number of pyridine rings is 2. The summed E-state index contributed by atoms with van der Waals surface area (Å²) >= 11 is 0. The van der Waals surface area contributed by atoms with Crippen LogP contribution in [0.4, 0.5) is 5.82 Å². The highest BCUT2D eigenvalue weighted by Crippen LogP contribution is 2.37. The minimum Gasteiger partial charge on any atom is -0.362 e. The van der Waals surface area contributed by atoms with E-state index in [1.54, 1.807) is 12.4 Å². The third-order valence-electron chi connectivity index (χ3n) is 5.37. The zero-order valence-electron chi connectivity index (χ0n) is 18.0. The summed E-state index contributed by atoms with van der Waals surface area (Å²) < 4.78 is 23.8. The molecule has 0 aliphatic heterocycles. The van der Waals surface area contributed by atoms with Crippen LogP contribution in [0.1, 0.15) is 5.69 Å². The van der Waals surface area contributed by atoms with Gasteiger partial charge in [-0.15, -0.1) is 10.2 Å². The van der Waals surface area contributed by atoms with Gasteiger partial charge in [-0.3, -0.25) is 9.97 Å². The molecular formula is C25H20N6O2S. The van der Waals surface area contributed by atoms with E-state index in [0.717, 1.165) is 27.6 Å². The van der Waals surface area contributed by atoms with Gasteiger partial charge >= 0.3 is 0 Å². The molecule has 0 fully saturated rings. The fraction of sp³-hybridized carbons (Fsp3) is 0.0400. The molecule has 0 atom stereocenters. The van der Waals surface area contributed by atoms with Crippen molar-refractivity contribution in [2.45, 2.75) is 11.4 Å². The van der Waals surface area contributed by atoms with E-state index in [9.17, 15) is 8.42 Å². The Morgan fingerprint density at radius 1 is 0.853 bits per heavy atom. The Morgan fingerprint density at radius 3 is 2.44 bits per heavy atom. The van der Waals surface area contributed by atoms with Crippen molar-refractivity contribution in [3.05, 3.63) is 97.1 Å². The third-order valence-corrected chi connectivity index (χ3v) is 6.25. The molecule has 0 aliphatic carbocycles.